The van der Waals surface area contributed by atoms with E-state index in [1.54, 1.807) is 12.0 Å². The van der Waals surface area contributed by atoms with E-state index in [4.69, 9.17) is 0 Å². The van der Waals surface area contributed by atoms with E-state index in [0.717, 1.165) is 22.0 Å². The van der Waals surface area contributed by atoms with E-state index in [1.165, 1.54) is 5.39 Å². The second kappa shape index (κ2) is 3.80. The number of carbonyl (C=O) groups excluding carboxylic acids is 1. The third kappa shape index (κ3) is 1.49. The quantitative estimate of drug-likeness (QED) is 0.494. The Morgan fingerprint density at radius 3 is 2.71 bits per heavy atom. The van der Waals surface area contributed by atoms with Crippen molar-refractivity contribution in [2.24, 2.45) is 0 Å². The summed E-state index contributed by atoms with van der Waals surface area (Å²) >= 11 is 0. The first-order valence-electron chi connectivity index (χ1n) is 5.35. The lowest BCUT2D eigenvalue weighted by molar-refractivity contribution is 0.569. The summed E-state index contributed by atoms with van der Waals surface area (Å²) in [6.07, 6.45) is 1.64. The van der Waals surface area contributed by atoms with Gasteiger partial charge in [0.05, 0.1) is 5.52 Å². The van der Waals surface area contributed by atoms with Gasteiger partial charge in [0.2, 0.25) is 0 Å². The van der Waals surface area contributed by atoms with E-state index < -0.39 is 0 Å². The molecule has 2 heteroatoms. The van der Waals surface area contributed by atoms with Gasteiger partial charge in [0.15, 0.2) is 5.94 Å². The van der Waals surface area contributed by atoms with Gasteiger partial charge in [0, 0.05) is 27.9 Å². The Morgan fingerprint density at radius 2 is 1.82 bits per heavy atom. The minimum absolute atomic E-state index is 0.946. The maximum Gasteiger partial charge on any atom is 0.177 e. The molecule has 0 aliphatic carbocycles. The van der Waals surface area contributed by atoms with Gasteiger partial charge < -0.3 is 4.98 Å². The van der Waals surface area contributed by atoms with Crippen molar-refractivity contribution in [3.05, 3.63) is 53.8 Å². The van der Waals surface area contributed by atoms with Crippen LogP contribution in [0.5, 0.6) is 0 Å². The molecule has 0 aliphatic rings. The molecule has 3 aromatic rings. The maximum absolute atomic E-state index is 10.2. The van der Waals surface area contributed by atoms with Gasteiger partial charge in [-0.25, -0.2) is 4.79 Å². The molecule has 0 fully saturated rings. The standard InChI is InChI=1S/C15H9NO/c17-10-4-6-11-5-3-8-13-12-7-1-2-9-14(12)16-15(11)13/h1-3,5-9,16H. The smallest absolute Gasteiger partial charge is 0.177 e. The summed E-state index contributed by atoms with van der Waals surface area (Å²) in [6, 6.07) is 14.1. The fraction of sp³-hybridized carbons (Fsp3) is 0. The highest BCUT2D eigenvalue weighted by Crippen LogP contribution is 2.27. The van der Waals surface area contributed by atoms with E-state index in [1.807, 2.05) is 30.3 Å². The molecule has 17 heavy (non-hydrogen) atoms. The van der Waals surface area contributed by atoms with Crippen LogP contribution in [-0.4, -0.2) is 10.9 Å². The molecule has 0 amide bonds. The Hall–Kier alpha value is -2.53. The zero-order chi connectivity index (χ0) is 11.7. The monoisotopic (exact) mass is 219 g/mol. The lowest BCUT2D eigenvalue weighted by Crippen LogP contribution is -1.74. The Balaban J connectivity index is 2.47. The van der Waals surface area contributed by atoms with Gasteiger partial charge in [-0.2, -0.15) is 0 Å². The number of rotatable bonds is 1. The minimum Gasteiger partial charge on any atom is -0.354 e. The van der Waals surface area contributed by atoms with Crippen molar-refractivity contribution in [1.29, 1.82) is 0 Å². The van der Waals surface area contributed by atoms with Crippen molar-refractivity contribution in [2.45, 2.75) is 0 Å². The first-order chi connectivity index (χ1) is 8.40. The predicted octanol–water partition coefficient (Wildman–Crippen LogP) is 3.32. The van der Waals surface area contributed by atoms with Gasteiger partial charge in [-0.15, -0.1) is 0 Å². The molecule has 3 rings (SSSR count). The Labute approximate surface area is 97.9 Å². The maximum atomic E-state index is 10.2. The van der Waals surface area contributed by atoms with Crippen LogP contribution in [-0.2, 0) is 4.79 Å². The normalized spacial score (nSPS) is 10.1. The van der Waals surface area contributed by atoms with E-state index in [0.29, 0.717) is 0 Å². The van der Waals surface area contributed by atoms with Gasteiger partial charge in [0.1, 0.15) is 0 Å². The number of benzene rings is 2. The zero-order valence-electron chi connectivity index (χ0n) is 9.03. The number of fused-ring (bicyclic) bond motifs is 3. The molecule has 0 saturated heterocycles. The van der Waals surface area contributed by atoms with Crippen LogP contribution in [0.3, 0.4) is 0 Å². The van der Waals surface area contributed by atoms with Crippen molar-refractivity contribution >= 4 is 33.8 Å². The molecule has 0 saturated carbocycles. The number of hydrogen-bond acceptors (Lipinski definition) is 1. The summed E-state index contributed by atoms with van der Waals surface area (Å²) < 4.78 is 0. The average molecular weight is 219 g/mol. The number of nitrogens with one attached hydrogen (secondary N) is 1. The minimum atomic E-state index is 0.946. The van der Waals surface area contributed by atoms with E-state index in [9.17, 15) is 4.79 Å². The second-order valence-corrected chi connectivity index (χ2v) is 3.83. The molecule has 0 atom stereocenters. The summed E-state index contributed by atoms with van der Waals surface area (Å²) in [5.41, 5.74) is 5.52. The summed E-state index contributed by atoms with van der Waals surface area (Å²) in [4.78, 5) is 13.6. The SMILES string of the molecule is O=C=C=Cc1cccc2c1[nH]c1ccccc12. The topological polar surface area (TPSA) is 32.9 Å². The third-order valence-electron chi connectivity index (χ3n) is 2.86. The Bertz CT molecular complexity index is 785. The van der Waals surface area contributed by atoms with Crippen molar-refractivity contribution in [2.75, 3.05) is 0 Å². The van der Waals surface area contributed by atoms with E-state index in [2.05, 4.69) is 22.8 Å². The van der Waals surface area contributed by atoms with Crippen molar-refractivity contribution in [1.82, 2.24) is 4.98 Å². The van der Waals surface area contributed by atoms with Gasteiger partial charge in [-0.3, -0.25) is 0 Å². The van der Waals surface area contributed by atoms with Crippen molar-refractivity contribution < 1.29 is 4.79 Å². The van der Waals surface area contributed by atoms with Crippen LogP contribution in [0.25, 0.3) is 27.9 Å². The molecule has 2 nitrogen and oxygen atoms in total. The molecule has 2 aromatic carbocycles. The van der Waals surface area contributed by atoms with Crippen molar-refractivity contribution in [3.8, 4) is 0 Å². The first kappa shape index (κ1) is 9.68. The molecule has 0 bridgehead atoms. The highest BCUT2D eigenvalue weighted by Gasteiger charge is 2.05. The van der Waals surface area contributed by atoms with Crippen LogP contribution < -0.4 is 0 Å². The number of para-hydroxylation sites is 2. The number of aromatic amines is 1. The van der Waals surface area contributed by atoms with Crippen LogP contribution in [0, 0.1) is 0 Å². The fourth-order valence-corrected chi connectivity index (χ4v) is 2.12. The molecule has 1 heterocycles. The molecular weight excluding hydrogens is 210 g/mol. The molecule has 0 spiro atoms. The van der Waals surface area contributed by atoms with Gasteiger partial charge in [0.25, 0.3) is 0 Å². The molecule has 80 valence electrons. The highest BCUT2D eigenvalue weighted by atomic mass is 16.1. The summed E-state index contributed by atoms with van der Waals surface area (Å²) in [5.74, 6) is 1.65. The molecular formula is C15H9NO. The predicted molar refractivity (Wildman–Crippen MR) is 69.5 cm³/mol. The fourth-order valence-electron chi connectivity index (χ4n) is 2.12. The van der Waals surface area contributed by atoms with Crippen LogP contribution >= 0.6 is 0 Å². The number of aromatic nitrogens is 1. The Morgan fingerprint density at radius 1 is 1.00 bits per heavy atom. The molecule has 0 unspecified atom stereocenters. The third-order valence-corrected chi connectivity index (χ3v) is 2.86. The lowest BCUT2D eigenvalue weighted by Gasteiger charge is -1.94. The number of hydrogen-bond donors (Lipinski definition) is 1. The van der Waals surface area contributed by atoms with Gasteiger partial charge in [-0.05, 0) is 11.8 Å². The van der Waals surface area contributed by atoms with Crippen LogP contribution in [0.15, 0.2) is 48.2 Å². The second-order valence-electron chi connectivity index (χ2n) is 3.83. The molecule has 0 aliphatic heterocycles. The van der Waals surface area contributed by atoms with Crippen LogP contribution in [0.1, 0.15) is 5.56 Å². The average Bonchev–Trinajstić information content (AvgIpc) is 2.75. The van der Waals surface area contributed by atoms with Crippen LogP contribution in [0.2, 0.25) is 0 Å². The first-order valence-corrected chi connectivity index (χ1v) is 5.35. The zero-order valence-corrected chi connectivity index (χ0v) is 9.03. The van der Waals surface area contributed by atoms with Gasteiger partial charge >= 0.3 is 0 Å². The van der Waals surface area contributed by atoms with E-state index >= 15 is 0 Å². The highest BCUT2D eigenvalue weighted by molar-refractivity contribution is 6.09. The van der Waals surface area contributed by atoms with Gasteiger partial charge in [-0.1, -0.05) is 36.4 Å². The van der Waals surface area contributed by atoms with E-state index in [-0.39, 0.29) is 0 Å². The molecule has 1 N–H and O–H groups in total. The Kier molecular flexibility index (Phi) is 2.16. The van der Waals surface area contributed by atoms with Crippen LogP contribution in [0.4, 0.5) is 0 Å². The molecule has 1 aromatic heterocycles. The summed E-state index contributed by atoms with van der Waals surface area (Å²) in [6.45, 7) is 0. The lowest BCUT2D eigenvalue weighted by atomic mass is 10.1. The summed E-state index contributed by atoms with van der Waals surface area (Å²) in [7, 11) is 0. The molecule has 0 radical (unpaired) electrons. The summed E-state index contributed by atoms with van der Waals surface area (Å²) in [5, 5.41) is 2.34. The van der Waals surface area contributed by atoms with Crippen molar-refractivity contribution in [3.63, 3.8) is 0 Å². The largest absolute Gasteiger partial charge is 0.354 e. The number of H-pyrrole nitrogens is 1.